The van der Waals surface area contributed by atoms with Crippen molar-refractivity contribution in [3.63, 3.8) is 0 Å². The van der Waals surface area contributed by atoms with Gasteiger partial charge in [-0.05, 0) is 48.2 Å². The van der Waals surface area contributed by atoms with Gasteiger partial charge in [0, 0.05) is 25.1 Å². The highest BCUT2D eigenvalue weighted by Crippen LogP contribution is 2.34. The van der Waals surface area contributed by atoms with Gasteiger partial charge in [0.05, 0.1) is 36.2 Å². The van der Waals surface area contributed by atoms with Gasteiger partial charge in [-0.15, -0.1) is 0 Å². The van der Waals surface area contributed by atoms with Gasteiger partial charge in [0.1, 0.15) is 24.1 Å². The molecule has 12 heteroatoms. The molecule has 0 spiro atoms. The molecule has 0 aromatic heterocycles. The number of sulfonamides is 1. The summed E-state index contributed by atoms with van der Waals surface area (Å²) in [6.45, 7) is -0.590. The normalized spacial score (nSPS) is 14.3. The number of anilines is 1. The first-order valence-corrected chi connectivity index (χ1v) is 17.4. The largest absolute Gasteiger partial charge is 0.497 e. The SMILES string of the molecule is COc1ccc(N(CC(=O)N(Cc2ccc(Cl)c(Cl)c2)[C@H](Cc2ccccc2)C(=O)NC2CCCCC2)S(C)(=O)=O)c(OC)c1. The second-order valence-corrected chi connectivity index (χ2v) is 13.8. The van der Waals surface area contributed by atoms with Crippen LogP contribution >= 0.6 is 23.2 Å². The van der Waals surface area contributed by atoms with Gasteiger partial charge in [0.2, 0.25) is 21.8 Å². The van der Waals surface area contributed by atoms with Gasteiger partial charge in [-0.3, -0.25) is 13.9 Å². The number of carbonyl (C=O) groups excluding carboxylic acids is 2. The van der Waals surface area contributed by atoms with Crippen LogP contribution in [0.5, 0.6) is 11.5 Å². The Hall–Kier alpha value is -3.47. The van der Waals surface area contributed by atoms with Crippen LogP contribution in [0.15, 0.2) is 66.7 Å². The molecule has 1 fully saturated rings. The maximum Gasteiger partial charge on any atom is 0.244 e. The fourth-order valence-corrected chi connectivity index (χ4v) is 6.69. The van der Waals surface area contributed by atoms with Crippen molar-refractivity contribution in [2.24, 2.45) is 0 Å². The lowest BCUT2D eigenvalue weighted by molar-refractivity contribution is -0.140. The minimum absolute atomic E-state index is 0.00234. The van der Waals surface area contributed by atoms with E-state index in [0.29, 0.717) is 21.4 Å². The molecule has 0 bridgehead atoms. The lowest BCUT2D eigenvalue weighted by atomic mass is 9.94. The van der Waals surface area contributed by atoms with Gasteiger partial charge < -0.3 is 19.7 Å². The number of amides is 2. The van der Waals surface area contributed by atoms with Gasteiger partial charge in [-0.1, -0.05) is 78.9 Å². The van der Waals surface area contributed by atoms with Gasteiger partial charge in [0.15, 0.2) is 0 Å². The van der Waals surface area contributed by atoms with Gasteiger partial charge >= 0.3 is 0 Å². The lowest BCUT2D eigenvalue weighted by Gasteiger charge is -2.35. The monoisotopic (exact) mass is 675 g/mol. The third-order valence-corrected chi connectivity index (χ3v) is 9.76. The molecule has 242 valence electrons. The summed E-state index contributed by atoms with van der Waals surface area (Å²) in [5.74, 6) is -0.213. The second kappa shape index (κ2) is 15.7. The first-order valence-electron chi connectivity index (χ1n) is 14.8. The number of methoxy groups -OCH3 is 2. The molecule has 2 amide bonds. The van der Waals surface area contributed by atoms with Crippen LogP contribution in [0.1, 0.15) is 43.2 Å². The average molecular weight is 677 g/mol. The predicted octanol–water partition coefficient (Wildman–Crippen LogP) is 5.87. The number of ether oxygens (including phenoxy) is 2. The van der Waals surface area contributed by atoms with E-state index in [4.69, 9.17) is 32.7 Å². The second-order valence-electron chi connectivity index (χ2n) is 11.1. The summed E-state index contributed by atoms with van der Waals surface area (Å²) in [6.07, 6.45) is 6.13. The van der Waals surface area contributed by atoms with E-state index in [2.05, 4.69) is 5.32 Å². The summed E-state index contributed by atoms with van der Waals surface area (Å²) in [4.78, 5) is 29.9. The van der Waals surface area contributed by atoms with Crippen LogP contribution in [0, 0.1) is 0 Å². The zero-order valence-corrected chi connectivity index (χ0v) is 28.0. The number of nitrogens with one attached hydrogen (secondary N) is 1. The molecule has 4 rings (SSSR count). The summed E-state index contributed by atoms with van der Waals surface area (Å²) >= 11 is 12.5. The first kappa shape index (κ1) is 34.4. The van der Waals surface area contributed by atoms with E-state index < -0.39 is 28.5 Å². The molecule has 3 aromatic rings. The van der Waals surface area contributed by atoms with E-state index in [1.165, 1.54) is 25.2 Å². The Morgan fingerprint density at radius 3 is 2.24 bits per heavy atom. The summed E-state index contributed by atoms with van der Waals surface area (Å²) in [5, 5.41) is 3.83. The fourth-order valence-electron chi connectivity index (χ4n) is 5.52. The predicted molar refractivity (Wildman–Crippen MR) is 178 cm³/mol. The van der Waals surface area contributed by atoms with Crippen molar-refractivity contribution in [1.29, 1.82) is 0 Å². The molecule has 3 aromatic carbocycles. The summed E-state index contributed by atoms with van der Waals surface area (Å²) in [5.41, 5.74) is 1.65. The van der Waals surface area contributed by atoms with Crippen molar-refractivity contribution in [3.05, 3.63) is 87.9 Å². The number of carbonyl (C=O) groups is 2. The molecular formula is C33H39Cl2N3O6S. The molecule has 1 N–H and O–H groups in total. The molecule has 1 aliphatic carbocycles. The third-order valence-electron chi connectivity index (χ3n) is 7.89. The number of hydrogen-bond acceptors (Lipinski definition) is 6. The Bertz CT molecular complexity index is 1580. The van der Waals surface area contributed by atoms with E-state index in [-0.39, 0.29) is 36.4 Å². The van der Waals surface area contributed by atoms with Gasteiger partial charge in [-0.2, -0.15) is 0 Å². The maximum absolute atomic E-state index is 14.4. The molecule has 1 saturated carbocycles. The van der Waals surface area contributed by atoms with Crippen LogP contribution in [-0.4, -0.2) is 64.2 Å². The molecule has 0 heterocycles. The molecule has 0 radical (unpaired) electrons. The summed E-state index contributed by atoms with van der Waals surface area (Å²) in [7, 11) is -1.10. The van der Waals surface area contributed by atoms with Crippen LogP contribution in [0.4, 0.5) is 5.69 Å². The Morgan fingerprint density at radius 2 is 1.62 bits per heavy atom. The van der Waals surface area contributed by atoms with E-state index in [9.17, 15) is 18.0 Å². The van der Waals surface area contributed by atoms with Gasteiger partial charge in [0.25, 0.3) is 0 Å². The minimum Gasteiger partial charge on any atom is -0.497 e. The number of benzene rings is 3. The average Bonchev–Trinajstić information content (AvgIpc) is 3.03. The van der Waals surface area contributed by atoms with Crippen molar-refractivity contribution in [3.8, 4) is 11.5 Å². The van der Waals surface area contributed by atoms with E-state index in [1.807, 2.05) is 30.3 Å². The quantitative estimate of drug-likeness (QED) is 0.243. The van der Waals surface area contributed by atoms with Crippen LogP contribution in [0.2, 0.25) is 10.0 Å². The summed E-state index contributed by atoms with van der Waals surface area (Å²) < 4.78 is 38.1. The minimum atomic E-state index is -3.99. The molecular weight excluding hydrogens is 637 g/mol. The third kappa shape index (κ3) is 9.28. The Balaban J connectivity index is 1.76. The van der Waals surface area contributed by atoms with Gasteiger partial charge in [-0.25, -0.2) is 8.42 Å². The number of rotatable bonds is 13. The topological polar surface area (TPSA) is 105 Å². The molecule has 0 saturated heterocycles. The van der Waals surface area contributed by atoms with Crippen LogP contribution < -0.4 is 19.1 Å². The fraction of sp³-hybridized carbons (Fsp3) is 0.394. The summed E-state index contributed by atoms with van der Waals surface area (Å²) in [6, 6.07) is 18.1. The molecule has 1 aliphatic rings. The Labute approximate surface area is 275 Å². The molecule has 9 nitrogen and oxygen atoms in total. The lowest BCUT2D eigenvalue weighted by Crippen LogP contribution is -2.55. The molecule has 45 heavy (non-hydrogen) atoms. The van der Waals surface area contributed by atoms with Crippen LogP contribution in [0.25, 0.3) is 0 Å². The smallest absolute Gasteiger partial charge is 0.244 e. The Kier molecular flexibility index (Phi) is 12.0. The van der Waals surface area contributed by atoms with Crippen molar-refractivity contribution >= 4 is 50.7 Å². The van der Waals surface area contributed by atoms with Crippen molar-refractivity contribution in [1.82, 2.24) is 10.2 Å². The number of halogens is 2. The van der Waals surface area contributed by atoms with Crippen molar-refractivity contribution in [2.75, 3.05) is 31.3 Å². The zero-order chi connectivity index (χ0) is 32.6. The first-order chi connectivity index (χ1) is 21.5. The molecule has 1 atom stereocenters. The highest BCUT2D eigenvalue weighted by atomic mass is 35.5. The number of nitrogens with zero attached hydrogens (tertiary/aromatic N) is 2. The Morgan fingerprint density at radius 1 is 0.911 bits per heavy atom. The molecule has 0 aliphatic heterocycles. The highest BCUT2D eigenvalue weighted by molar-refractivity contribution is 7.92. The maximum atomic E-state index is 14.4. The molecule has 0 unspecified atom stereocenters. The van der Waals surface area contributed by atoms with E-state index in [1.54, 1.807) is 30.3 Å². The zero-order valence-electron chi connectivity index (χ0n) is 25.7. The van der Waals surface area contributed by atoms with E-state index in [0.717, 1.165) is 48.2 Å². The van der Waals surface area contributed by atoms with Crippen LogP contribution in [0.3, 0.4) is 0 Å². The number of hydrogen-bond donors (Lipinski definition) is 1. The highest BCUT2D eigenvalue weighted by Gasteiger charge is 2.35. The van der Waals surface area contributed by atoms with Crippen molar-refractivity contribution < 1.29 is 27.5 Å². The van der Waals surface area contributed by atoms with Crippen molar-refractivity contribution in [2.45, 2.75) is 57.2 Å². The van der Waals surface area contributed by atoms with E-state index >= 15 is 0 Å². The standard InChI is InChI=1S/C33H39Cl2N3O6S/c1-43-26-15-17-29(31(20-26)44-2)38(45(3,41)42)22-32(39)37(21-24-14-16-27(34)28(35)18-24)30(19-23-10-6-4-7-11-23)33(40)36-25-12-8-5-9-13-25/h4,6-7,10-11,14-18,20,25,30H,5,8-9,12-13,19,21-22H2,1-3H3,(H,36,40)/t30-/m1/s1. The van der Waals surface area contributed by atoms with Crippen LogP contribution in [-0.2, 0) is 32.6 Å².